The Morgan fingerprint density at radius 1 is 1.20 bits per heavy atom. The lowest BCUT2D eigenvalue weighted by atomic mass is 10.1. The Bertz CT molecular complexity index is 413. The zero-order chi connectivity index (χ0) is 14.8. The molecule has 3 heteroatoms. The molecule has 0 aliphatic heterocycles. The first kappa shape index (κ1) is 16.6. The third-order valence-electron chi connectivity index (χ3n) is 2.98. The lowest BCUT2D eigenvalue weighted by Crippen LogP contribution is -2.23. The van der Waals surface area contributed by atoms with Crippen LogP contribution in [-0.2, 0) is 0 Å². The molecule has 20 heavy (non-hydrogen) atoms. The van der Waals surface area contributed by atoms with Crippen LogP contribution in [0.15, 0.2) is 24.3 Å². The lowest BCUT2D eigenvalue weighted by molar-refractivity contribution is 0.291. The highest BCUT2D eigenvalue weighted by molar-refractivity contribution is 5.55. The molecule has 0 unspecified atom stereocenters. The molecule has 0 spiro atoms. The van der Waals surface area contributed by atoms with Crippen molar-refractivity contribution in [2.24, 2.45) is 5.92 Å². The molecule has 0 aromatic heterocycles. The summed E-state index contributed by atoms with van der Waals surface area (Å²) in [4.78, 5) is 0. The summed E-state index contributed by atoms with van der Waals surface area (Å²) in [7, 11) is 1.67. The predicted octanol–water partition coefficient (Wildman–Crippen LogP) is 3.74. The second kappa shape index (κ2) is 9.43. The maximum Gasteiger partial charge on any atom is 0.161 e. The minimum absolute atomic E-state index is 0.650. The fraction of sp³-hybridized carbons (Fsp3) is 0.529. The van der Waals surface area contributed by atoms with Gasteiger partial charge < -0.3 is 14.8 Å². The number of methoxy groups -OCH3 is 1. The molecule has 0 fully saturated rings. The van der Waals surface area contributed by atoms with Crippen LogP contribution in [0.5, 0.6) is 11.5 Å². The molecule has 0 saturated heterocycles. The number of nitrogens with one attached hydrogen (secondary N) is 1. The molecule has 0 bridgehead atoms. The van der Waals surface area contributed by atoms with Crippen LogP contribution >= 0.6 is 0 Å². The Labute approximate surface area is 123 Å². The number of hydrogen-bond acceptors (Lipinski definition) is 3. The minimum Gasteiger partial charge on any atom is -0.493 e. The Morgan fingerprint density at radius 2 is 2.00 bits per heavy atom. The lowest BCUT2D eigenvalue weighted by Gasteiger charge is -2.12. The van der Waals surface area contributed by atoms with Crippen LogP contribution in [0.2, 0.25) is 0 Å². The second-order valence-electron chi connectivity index (χ2n) is 5.19. The quantitative estimate of drug-likeness (QED) is 0.697. The van der Waals surface area contributed by atoms with Crippen LogP contribution in [0.25, 0.3) is 6.08 Å². The molecule has 0 aliphatic rings. The summed E-state index contributed by atoms with van der Waals surface area (Å²) < 4.78 is 11.1. The first-order valence-electron chi connectivity index (χ1n) is 7.31. The van der Waals surface area contributed by atoms with E-state index in [1.54, 1.807) is 7.11 Å². The van der Waals surface area contributed by atoms with Crippen LogP contribution in [0.3, 0.4) is 0 Å². The fourth-order valence-corrected chi connectivity index (χ4v) is 1.85. The normalized spacial score (nSPS) is 11.2. The van der Waals surface area contributed by atoms with Gasteiger partial charge in [-0.2, -0.15) is 0 Å². The van der Waals surface area contributed by atoms with E-state index in [0.717, 1.165) is 36.1 Å². The van der Waals surface area contributed by atoms with Gasteiger partial charge in [-0.05, 0) is 43.5 Å². The van der Waals surface area contributed by atoms with Crippen LogP contribution in [0.1, 0.15) is 32.8 Å². The van der Waals surface area contributed by atoms with E-state index in [2.05, 4.69) is 19.2 Å². The van der Waals surface area contributed by atoms with Gasteiger partial charge in [-0.3, -0.25) is 0 Å². The molecule has 0 aliphatic carbocycles. The summed E-state index contributed by atoms with van der Waals surface area (Å²) in [5.41, 5.74) is 1.12. The van der Waals surface area contributed by atoms with Crippen molar-refractivity contribution in [3.8, 4) is 11.5 Å². The number of hydrogen-bond donors (Lipinski definition) is 1. The Kier molecular flexibility index (Phi) is 7.81. The Balaban J connectivity index is 2.39. The molecule has 0 radical (unpaired) electrons. The topological polar surface area (TPSA) is 30.5 Å². The summed E-state index contributed by atoms with van der Waals surface area (Å²) >= 11 is 0. The smallest absolute Gasteiger partial charge is 0.161 e. The molecule has 0 saturated carbocycles. The van der Waals surface area contributed by atoms with Crippen LogP contribution in [0, 0.1) is 5.92 Å². The Morgan fingerprint density at radius 3 is 2.65 bits per heavy atom. The number of rotatable bonds is 9. The van der Waals surface area contributed by atoms with Crippen molar-refractivity contribution in [2.45, 2.75) is 27.2 Å². The van der Waals surface area contributed by atoms with Gasteiger partial charge in [-0.1, -0.05) is 32.1 Å². The van der Waals surface area contributed by atoms with Crippen molar-refractivity contribution in [2.75, 3.05) is 26.8 Å². The maximum atomic E-state index is 5.76. The van der Waals surface area contributed by atoms with Crippen molar-refractivity contribution in [3.63, 3.8) is 0 Å². The van der Waals surface area contributed by atoms with Crippen molar-refractivity contribution < 1.29 is 9.47 Å². The standard InChI is InChI=1S/C17H27NO2/c1-5-6-15-7-8-16(17(13-15)19-4)20-12-11-18-10-9-14(2)3/h5-8,13-14,18H,9-12H2,1-4H3. The molecule has 1 aromatic carbocycles. The van der Waals surface area contributed by atoms with Gasteiger partial charge >= 0.3 is 0 Å². The molecule has 1 aromatic rings. The number of benzene rings is 1. The molecule has 0 amide bonds. The third kappa shape index (κ3) is 6.11. The Hall–Kier alpha value is -1.48. The summed E-state index contributed by atoms with van der Waals surface area (Å²) in [5.74, 6) is 2.32. The molecule has 1 rings (SSSR count). The number of ether oxygens (including phenoxy) is 2. The molecular weight excluding hydrogens is 250 g/mol. The largest absolute Gasteiger partial charge is 0.493 e. The van der Waals surface area contributed by atoms with E-state index in [9.17, 15) is 0 Å². The molecular formula is C17H27NO2. The zero-order valence-electron chi connectivity index (χ0n) is 13.1. The average Bonchev–Trinajstić information content (AvgIpc) is 2.43. The third-order valence-corrected chi connectivity index (χ3v) is 2.98. The van der Waals surface area contributed by atoms with Crippen molar-refractivity contribution in [3.05, 3.63) is 29.8 Å². The molecule has 0 heterocycles. The molecule has 0 atom stereocenters. The molecule has 3 nitrogen and oxygen atoms in total. The van der Waals surface area contributed by atoms with Crippen molar-refractivity contribution >= 4 is 6.08 Å². The van der Waals surface area contributed by atoms with E-state index in [0.29, 0.717) is 6.61 Å². The van der Waals surface area contributed by atoms with E-state index in [4.69, 9.17) is 9.47 Å². The van der Waals surface area contributed by atoms with Crippen LogP contribution in [-0.4, -0.2) is 26.8 Å². The zero-order valence-corrected chi connectivity index (χ0v) is 13.1. The highest BCUT2D eigenvalue weighted by atomic mass is 16.5. The number of allylic oxidation sites excluding steroid dienone is 1. The summed E-state index contributed by atoms with van der Waals surface area (Å²) in [6.45, 7) is 9.01. The van der Waals surface area contributed by atoms with Gasteiger partial charge in [0.1, 0.15) is 6.61 Å². The van der Waals surface area contributed by atoms with Gasteiger partial charge in [0, 0.05) is 6.54 Å². The van der Waals surface area contributed by atoms with Gasteiger partial charge in [0.05, 0.1) is 7.11 Å². The van der Waals surface area contributed by atoms with Gasteiger partial charge in [-0.15, -0.1) is 0 Å². The highest BCUT2D eigenvalue weighted by Crippen LogP contribution is 2.28. The first-order valence-corrected chi connectivity index (χ1v) is 7.31. The maximum absolute atomic E-state index is 5.76. The first-order chi connectivity index (χ1) is 9.67. The second-order valence-corrected chi connectivity index (χ2v) is 5.19. The van der Waals surface area contributed by atoms with E-state index in [1.165, 1.54) is 6.42 Å². The van der Waals surface area contributed by atoms with E-state index >= 15 is 0 Å². The van der Waals surface area contributed by atoms with E-state index in [-0.39, 0.29) is 0 Å². The monoisotopic (exact) mass is 277 g/mol. The van der Waals surface area contributed by atoms with E-state index < -0.39 is 0 Å². The van der Waals surface area contributed by atoms with Crippen LogP contribution in [0.4, 0.5) is 0 Å². The van der Waals surface area contributed by atoms with Gasteiger partial charge in [0.15, 0.2) is 11.5 Å². The summed E-state index contributed by atoms with van der Waals surface area (Å²) in [6.07, 6.45) is 5.25. The van der Waals surface area contributed by atoms with Crippen molar-refractivity contribution in [1.29, 1.82) is 0 Å². The fourth-order valence-electron chi connectivity index (χ4n) is 1.85. The van der Waals surface area contributed by atoms with Gasteiger partial charge in [0.2, 0.25) is 0 Å². The van der Waals surface area contributed by atoms with Gasteiger partial charge in [0.25, 0.3) is 0 Å². The molecule has 112 valence electrons. The molecule has 1 N–H and O–H groups in total. The average molecular weight is 277 g/mol. The minimum atomic E-state index is 0.650. The van der Waals surface area contributed by atoms with Gasteiger partial charge in [-0.25, -0.2) is 0 Å². The predicted molar refractivity (Wildman–Crippen MR) is 85.5 cm³/mol. The van der Waals surface area contributed by atoms with E-state index in [1.807, 2.05) is 37.3 Å². The summed E-state index contributed by atoms with van der Waals surface area (Å²) in [5, 5.41) is 3.38. The SMILES string of the molecule is CC=Cc1ccc(OCCNCCC(C)C)c(OC)c1. The highest BCUT2D eigenvalue weighted by Gasteiger charge is 2.04. The van der Waals surface area contributed by atoms with Crippen LogP contribution < -0.4 is 14.8 Å². The van der Waals surface area contributed by atoms with Crippen molar-refractivity contribution in [1.82, 2.24) is 5.32 Å². The summed E-state index contributed by atoms with van der Waals surface area (Å²) in [6, 6.07) is 5.98.